The van der Waals surface area contributed by atoms with Gasteiger partial charge in [-0.2, -0.15) is 5.26 Å². The Kier molecular flexibility index (Phi) is 8.12. The molecule has 194 valence electrons. The van der Waals surface area contributed by atoms with E-state index in [9.17, 15) is 34.3 Å². The first-order valence-corrected chi connectivity index (χ1v) is 12.1. The highest BCUT2D eigenvalue weighted by Gasteiger charge is 2.40. The van der Waals surface area contributed by atoms with Crippen LogP contribution < -0.4 is 11.2 Å². The van der Waals surface area contributed by atoms with E-state index in [4.69, 9.17) is 0 Å². The van der Waals surface area contributed by atoms with Crippen molar-refractivity contribution in [1.82, 2.24) is 18.9 Å². The second-order valence-corrected chi connectivity index (χ2v) is 8.31. The molecular formula is C26H29N5O6. The number of barbiturate groups is 1. The van der Waals surface area contributed by atoms with Crippen molar-refractivity contribution in [2.24, 2.45) is 0 Å². The van der Waals surface area contributed by atoms with Crippen molar-refractivity contribution in [3.8, 4) is 11.9 Å². The third kappa shape index (κ3) is 4.70. The first-order valence-electron chi connectivity index (χ1n) is 12.1. The van der Waals surface area contributed by atoms with Crippen LogP contribution in [0.25, 0.3) is 6.08 Å². The molecule has 0 saturated carbocycles. The molecule has 1 saturated heterocycles. The first kappa shape index (κ1) is 27.1. The standard InChI is InChI=1S/C26H29N5O6/c1-5-28-21(32)18(22(33)29(6-2)25(28)36)13-11-16-9-10-17(20(16)15-27)12-14-19-23(34)30(7-3)26(37)31(8-4)24(19)35/h11-14,32H,5-10H2,1-4H3/b13-11+,17-12+. The summed E-state index contributed by atoms with van der Waals surface area (Å²) in [6.07, 6.45) is 6.71. The fourth-order valence-corrected chi connectivity index (χ4v) is 4.39. The van der Waals surface area contributed by atoms with E-state index < -0.39 is 35.0 Å². The molecule has 1 N–H and O–H groups in total. The summed E-state index contributed by atoms with van der Waals surface area (Å²) in [6.45, 7) is 7.16. The Balaban J connectivity index is 2.02. The fraction of sp³-hybridized carbons (Fsp3) is 0.385. The van der Waals surface area contributed by atoms with Gasteiger partial charge in [0.15, 0.2) is 0 Å². The molecule has 1 aliphatic carbocycles. The highest BCUT2D eigenvalue weighted by molar-refractivity contribution is 6.28. The van der Waals surface area contributed by atoms with Crippen LogP contribution in [0.2, 0.25) is 0 Å². The number of likely N-dealkylation sites (N-methyl/N-ethyl adjacent to an activating group) is 2. The number of aromatic hydroxyl groups is 1. The van der Waals surface area contributed by atoms with Gasteiger partial charge < -0.3 is 5.11 Å². The predicted octanol–water partition coefficient (Wildman–Crippen LogP) is 2.07. The molecule has 0 spiro atoms. The fourth-order valence-electron chi connectivity index (χ4n) is 4.39. The van der Waals surface area contributed by atoms with Crippen molar-refractivity contribution in [3.05, 3.63) is 66.9 Å². The van der Waals surface area contributed by atoms with Crippen LogP contribution in [0.1, 0.15) is 46.1 Å². The van der Waals surface area contributed by atoms with Crippen molar-refractivity contribution in [2.75, 3.05) is 13.1 Å². The maximum absolute atomic E-state index is 12.7. The number of nitriles is 1. The molecule has 0 radical (unpaired) electrons. The number of carbonyl (C=O) groups excluding carboxylic acids is 3. The Morgan fingerprint density at radius 2 is 1.43 bits per heavy atom. The summed E-state index contributed by atoms with van der Waals surface area (Å²) in [7, 11) is 0. The topological polar surface area (TPSA) is 146 Å². The van der Waals surface area contributed by atoms with Gasteiger partial charge in [-0.05, 0) is 63.8 Å². The molecule has 1 aromatic heterocycles. The van der Waals surface area contributed by atoms with Crippen LogP contribution in [-0.2, 0) is 22.7 Å². The zero-order valence-electron chi connectivity index (χ0n) is 21.3. The number of rotatable bonds is 7. The molecule has 11 nitrogen and oxygen atoms in total. The van der Waals surface area contributed by atoms with Gasteiger partial charge in [-0.3, -0.25) is 33.3 Å². The minimum atomic E-state index is -0.687. The number of hydrogen-bond acceptors (Lipinski definition) is 7. The summed E-state index contributed by atoms with van der Waals surface area (Å²) < 4.78 is 2.12. The van der Waals surface area contributed by atoms with Crippen LogP contribution in [0.3, 0.4) is 0 Å². The highest BCUT2D eigenvalue weighted by atomic mass is 16.3. The quantitative estimate of drug-likeness (QED) is 0.439. The lowest BCUT2D eigenvalue weighted by molar-refractivity contribution is -0.135. The molecule has 0 atom stereocenters. The lowest BCUT2D eigenvalue weighted by Gasteiger charge is -2.32. The number of imide groups is 2. The lowest BCUT2D eigenvalue weighted by Crippen LogP contribution is -2.56. The van der Waals surface area contributed by atoms with Crippen LogP contribution in [0, 0.1) is 11.3 Å². The molecule has 0 aromatic carbocycles. The molecular weight excluding hydrogens is 478 g/mol. The van der Waals surface area contributed by atoms with E-state index in [1.807, 2.05) is 0 Å². The van der Waals surface area contributed by atoms with Crippen molar-refractivity contribution in [2.45, 2.75) is 53.6 Å². The molecule has 11 heteroatoms. The van der Waals surface area contributed by atoms with Gasteiger partial charge in [-0.15, -0.1) is 0 Å². The van der Waals surface area contributed by atoms with E-state index >= 15 is 0 Å². The number of hydrogen-bond donors (Lipinski definition) is 1. The SMILES string of the molecule is CCN1C(=O)C(=C/C=C2\CCC(/C=C/c3c(O)n(CC)c(=O)n(CC)c3=O)=C2C#N)C(=O)N(CC)C1=O. The third-order valence-corrected chi connectivity index (χ3v) is 6.43. The summed E-state index contributed by atoms with van der Waals surface area (Å²) >= 11 is 0. The molecule has 0 unspecified atom stereocenters. The van der Waals surface area contributed by atoms with Crippen LogP contribution in [0.4, 0.5) is 4.79 Å². The van der Waals surface area contributed by atoms with Crippen LogP contribution >= 0.6 is 0 Å². The van der Waals surface area contributed by atoms with E-state index in [0.29, 0.717) is 29.6 Å². The minimum Gasteiger partial charge on any atom is -0.494 e. The van der Waals surface area contributed by atoms with Crippen LogP contribution in [-0.4, -0.2) is 55.0 Å². The van der Waals surface area contributed by atoms with Gasteiger partial charge in [0.25, 0.3) is 17.4 Å². The summed E-state index contributed by atoms with van der Waals surface area (Å²) in [5.74, 6) is -1.82. The molecule has 4 amide bonds. The molecule has 1 fully saturated rings. The molecule has 37 heavy (non-hydrogen) atoms. The number of aromatic nitrogens is 2. The van der Waals surface area contributed by atoms with E-state index in [1.54, 1.807) is 33.8 Å². The van der Waals surface area contributed by atoms with Gasteiger partial charge in [0.2, 0.25) is 5.88 Å². The largest absolute Gasteiger partial charge is 0.494 e. The summed E-state index contributed by atoms with van der Waals surface area (Å²) in [6, 6.07) is 1.47. The maximum atomic E-state index is 12.7. The summed E-state index contributed by atoms with van der Waals surface area (Å²) in [5, 5.41) is 20.3. The van der Waals surface area contributed by atoms with Gasteiger partial charge in [-0.25, -0.2) is 9.59 Å². The average Bonchev–Trinajstić information content (AvgIpc) is 3.26. The van der Waals surface area contributed by atoms with Gasteiger partial charge in [0.1, 0.15) is 11.1 Å². The Bertz CT molecular complexity index is 1420. The number of amides is 4. The summed E-state index contributed by atoms with van der Waals surface area (Å²) in [5.41, 5.74) is 0.0561. The lowest BCUT2D eigenvalue weighted by atomic mass is 10.1. The van der Waals surface area contributed by atoms with Crippen molar-refractivity contribution in [1.29, 1.82) is 5.26 Å². The molecule has 0 bridgehead atoms. The van der Waals surface area contributed by atoms with Gasteiger partial charge in [0, 0.05) is 26.2 Å². The third-order valence-electron chi connectivity index (χ3n) is 6.43. The van der Waals surface area contributed by atoms with Crippen molar-refractivity contribution in [3.63, 3.8) is 0 Å². The average molecular weight is 508 g/mol. The Morgan fingerprint density at radius 1 is 0.838 bits per heavy atom. The molecule has 2 aliphatic rings. The number of carbonyl (C=O) groups is 3. The van der Waals surface area contributed by atoms with Crippen molar-refractivity contribution >= 4 is 23.9 Å². The number of nitrogens with zero attached hydrogens (tertiary/aromatic N) is 5. The van der Waals surface area contributed by atoms with Crippen LogP contribution in [0.15, 0.2) is 50.1 Å². The molecule has 1 aliphatic heterocycles. The van der Waals surface area contributed by atoms with Gasteiger partial charge in [0.05, 0.1) is 11.6 Å². The van der Waals surface area contributed by atoms with E-state index in [-0.39, 0.29) is 37.3 Å². The van der Waals surface area contributed by atoms with Gasteiger partial charge in [-0.1, -0.05) is 12.2 Å². The first-order chi connectivity index (χ1) is 17.7. The molecule has 3 rings (SSSR count). The predicted molar refractivity (Wildman–Crippen MR) is 135 cm³/mol. The van der Waals surface area contributed by atoms with Crippen LogP contribution in [0.5, 0.6) is 5.88 Å². The van der Waals surface area contributed by atoms with E-state index in [2.05, 4.69) is 6.07 Å². The maximum Gasteiger partial charge on any atom is 0.333 e. The number of allylic oxidation sites excluding steroid dienone is 6. The minimum absolute atomic E-state index is 0.0602. The Labute approximate surface area is 213 Å². The Hall–Kier alpha value is -4.46. The van der Waals surface area contributed by atoms with E-state index in [0.717, 1.165) is 18.9 Å². The van der Waals surface area contributed by atoms with Crippen molar-refractivity contribution < 1.29 is 19.5 Å². The summed E-state index contributed by atoms with van der Waals surface area (Å²) in [4.78, 5) is 64.8. The van der Waals surface area contributed by atoms with Gasteiger partial charge >= 0.3 is 11.7 Å². The normalized spacial score (nSPS) is 17.5. The zero-order chi connectivity index (χ0) is 27.4. The smallest absolute Gasteiger partial charge is 0.333 e. The Morgan fingerprint density at radius 3 is 1.95 bits per heavy atom. The zero-order valence-corrected chi connectivity index (χ0v) is 21.3. The second kappa shape index (κ2) is 11.1. The molecule has 1 aromatic rings. The molecule has 2 heterocycles. The van der Waals surface area contributed by atoms with E-state index in [1.165, 1.54) is 18.2 Å². The highest BCUT2D eigenvalue weighted by Crippen LogP contribution is 2.33. The second-order valence-electron chi connectivity index (χ2n) is 8.31. The number of urea groups is 1. The monoisotopic (exact) mass is 507 g/mol.